The van der Waals surface area contributed by atoms with Crippen LogP contribution in [0.3, 0.4) is 0 Å². The lowest BCUT2D eigenvalue weighted by Crippen LogP contribution is -2.34. The number of amides is 1. The zero-order valence-electron chi connectivity index (χ0n) is 17.4. The molecule has 1 aromatic carbocycles. The van der Waals surface area contributed by atoms with Crippen LogP contribution in [0.1, 0.15) is 34.8 Å². The Labute approximate surface area is 174 Å². The molecule has 1 aliphatic heterocycles. The van der Waals surface area contributed by atoms with E-state index in [2.05, 4.69) is 0 Å². The Kier molecular flexibility index (Phi) is 6.47. The molecule has 0 bridgehead atoms. The van der Waals surface area contributed by atoms with Crippen LogP contribution in [-0.2, 0) is 9.53 Å². The number of methoxy groups -OCH3 is 2. The van der Waals surface area contributed by atoms with Crippen LogP contribution in [0, 0.1) is 6.92 Å². The van der Waals surface area contributed by atoms with Crippen molar-refractivity contribution in [1.82, 2.24) is 4.90 Å². The van der Waals surface area contributed by atoms with E-state index in [4.69, 9.17) is 18.6 Å². The van der Waals surface area contributed by atoms with Crippen molar-refractivity contribution in [2.75, 3.05) is 34.0 Å². The van der Waals surface area contributed by atoms with Gasteiger partial charge in [0.1, 0.15) is 5.76 Å². The number of hydrogen-bond donors (Lipinski definition) is 1. The number of rotatable bonds is 9. The van der Waals surface area contributed by atoms with Crippen molar-refractivity contribution in [3.8, 4) is 11.5 Å². The second kappa shape index (κ2) is 9.04. The highest BCUT2D eigenvalue weighted by Gasteiger charge is 2.44. The van der Waals surface area contributed by atoms with Gasteiger partial charge in [-0.2, -0.15) is 0 Å². The number of furan rings is 1. The van der Waals surface area contributed by atoms with E-state index < -0.39 is 23.5 Å². The Bertz CT molecular complexity index is 976. The Morgan fingerprint density at radius 2 is 1.97 bits per heavy atom. The largest absolute Gasteiger partial charge is 0.503 e. The van der Waals surface area contributed by atoms with E-state index in [9.17, 15) is 14.7 Å². The minimum absolute atomic E-state index is 0.0448. The summed E-state index contributed by atoms with van der Waals surface area (Å²) in [5.74, 6) is -0.178. The first-order valence-corrected chi connectivity index (χ1v) is 9.57. The fourth-order valence-electron chi connectivity index (χ4n) is 3.47. The molecular formula is C22H25NO7. The molecule has 2 heterocycles. The molecule has 1 aromatic heterocycles. The maximum absolute atomic E-state index is 13.2. The third-order valence-electron chi connectivity index (χ3n) is 4.85. The molecule has 160 valence electrons. The first-order chi connectivity index (χ1) is 14.4. The van der Waals surface area contributed by atoms with Crippen molar-refractivity contribution >= 4 is 11.7 Å². The molecule has 0 saturated heterocycles. The molecule has 30 heavy (non-hydrogen) atoms. The zero-order valence-corrected chi connectivity index (χ0v) is 17.4. The molecule has 1 atom stereocenters. The van der Waals surface area contributed by atoms with Gasteiger partial charge < -0.3 is 28.6 Å². The van der Waals surface area contributed by atoms with Crippen molar-refractivity contribution in [2.24, 2.45) is 0 Å². The predicted molar refractivity (Wildman–Crippen MR) is 108 cm³/mol. The molecule has 2 aromatic rings. The summed E-state index contributed by atoms with van der Waals surface area (Å²) in [6.45, 7) is 4.46. The third kappa shape index (κ3) is 3.91. The van der Waals surface area contributed by atoms with Gasteiger partial charge in [0.15, 0.2) is 23.0 Å². The lowest BCUT2D eigenvalue weighted by molar-refractivity contribution is -0.130. The summed E-state index contributed by atoms with van der Waals surface area (Å²) in [5, 5.41) is 10.6. The van der Waals surface area contributed by atoms with Gasteiger partial charge in [0.05, 0.1) is 31.9 Å². The Balaban J connectivity index is 2.10. The molecule has 1 aliphatic rings. The number of benzene rings is 1. The molecule has 3 rings (SSSR count). The van der Waals surface area contributed by atoms with Crippen LogP contribution >= 0.6 is 0 Å². The fourth-order valence-corrected chi connectivity index (χ4v) is 3.47. The summed E-state index contributed by atoms with van der Waals surface area (Å²) < 4.78 is 21.5. The van der Waals surface area contributed by atoms with E-state index >= 15 is 0 Å². The maximum Gasteiger partial charge on any atom is 0.290 e. The quantitative estimate of drug-likeness (QED) is 0.628. The van der Waals surface area contributed by atoms with Gasteiger partial charge in [0.2, 0.25) is 5.78 Å². The summed E-state index contributed by atoms with van der Waals surface area (Å²) in [5.41, 5.74) is 0.548. The number of hydrogen-bond acceptors (Lipinski definition) is 7. The zero-order chi connectivity index (χ0) is 21.8. The standard InChI is InChI=1S/C22H25NO7/c1-5-29-15-9-7-14(12-17(15)28-4)19-18(20(24)16-8-6-13(2)30-16)21(25)22(26)23(19)10-11-27-3/h6-9,12,19,25H,5,10-11H2,1-4H3/t19-/m0/s1. The van der Waals surface area contributed by atoms with Crippen LogP contribution in [0.5, 0.6) is 11.5 Å². The van der Waals surface area contributed by atoms with E-state index in [1.54, 1.807) is 31.2 Å². The van der Waals surface area contributed by atoms with Gasteiger partial charge in [-0.25, -0.2) is 0 Å². The summed E-state index contributed by atoms with van der Waals surface area (Å²) in [4.78, 5) is 27.4. The molecule has 0 fully saturated rings. The van der Waals surface area contributed by atoms with Crippen molar-refractivity contribution in [2.45, 2.75) is 19.9 Å². The SMILES string of the molecule is CCOc1ccc([C@H]2C(C(=O)c3ccc(C)o3)=C(O)C(=O)N2CCOC)cc1OC. The Morgan fingerprint density at radius 1 is 1.20 bits per heavy atom. The Hall–Kier alpha value is -3.26. The maximum atomic E-state index is 13.2. The first kappa shape index (κ1) is 21.4. The van der Waals surface area contributed by atoms with Gasteiger partial charge >= 0.3 is 0 Å². The number of carbonyl (C=O) groups is 2. The first-order valence-electron chi connectivity index (χ1n) is 9.57. The van der Waals surface area contributed by atoms with Crippen LogP contribution < -0.4 is 9.47 Å². The van der Waals surface area contributed by atoms with E-state index in [0.717, 1.165) is 0 Å². The molecular weight excluding hydrogens is 390 g/mol. The van der Waals surface area contributed by atoms with E-state index in [0.29, 0.717) is 29.4 Å². The van der Waals surface area contributed by atoms with Gasteiger partial charge in [-0.05, 0) is 43.7 Å². The van der Waals surface area contributed by atoms with E-state index in [-0.39, 0.29) is 24.5 Å². The number of aliphatic hydroxyl groups is 1. The Morgan fingerprint density at radius 3 is 2.57 bits per heavy atom. The van der Waals surface area contributed by atoms with Gasteiger partial charge in [-0.1, -0.05) is 6.07 Å². The van der Waals surface area contributed by atoms with Gasteiger partial charge in [-0.3, -0.25) is 9.59 Å². The minimum atomic E-state index is -0.824. The normalized spacial score (nSPS) is 16.3. The van der Waals surface area contributed by atoms with Crippen molar-refractivity contribution in [3.05, 3.63) is 58.7 Å². The molecule has 0 saturated carbocycles. The van der Waals surface area contributed by atoms with E-state index in [1.807, 2.05) is 6.92 Å². The average Bonchev–Trinajstić information content (AvgIpc) is 3.28. The van der Waals surface area contributed by atoms with Gasteiger partial charge in [0.25, 0.3) is 5.91 Å². The van der Waals surface area contributed by atoms with Crippen molar-refractivity contribution in [1.29, 1.82) is 0 Å². The highest BCUT2D eigenvalue weighted by atomic mass is 16.5. The highest BCUT2D eigenvalue weighted by Crippen LogP contribution is 2.41. The lowest BCUT2D eigenvalue weighted by atomic mass is 9.94. The topological polar surface area (TPSA) is 98.4 Å². The molecule has 0 unspecified atom stereocenters. The van der Waals surface area contributed by atoms with Crippen LogP contribution in [0.25, 0.3) is 0 Å². The van der Waals surface area contributed by atoms with Gasteiger partial charge in [0, 0.05) is 13.7 Å². The third-order valence-corrected chi connectivity index (χ3v) is 4.85. The molecule has 0 spiro atoms. The summed E-state index contributed by atoms with van der Waals surface area (Å²) in [7, 11) is 3.02. The number of carbonyl (C=O) groups excluding carboxylic acids is 2. The molecule has 8 nitrogen and oxygen atoms in total. The number of ketones is 1. The molecule has 1 N–H and O–H groups in total. The summed E-state index contributed by atoms with van der Waals surface area (Å²) in [6.07, 6.45) is 0. The smallest absolute Gasteiger partial charge is 0.290 e. The monoisotopic (exact) mass is 415 g/mol. The van der Waals surface area contributed by atoms with Crippen LogP contribution in [0.2, 0.25) is 0 Å². The van der Waals surface area contributed by atoms with Gasteiger partial charge in [-0.15, -0.1) is 0 Å². The van der Waals surface area contributed by atoms with Crippen molar-refractivity contribution < 1.29 is 33.3 Å². The van der Waals surface area contributed by atoms with Crippen LogP contribution in [0.15, 0.2) is 46.1 Å². The predicted octanol–water partition coefficient (Wildman–Crippen LogP) is 3.22. The van der Waals surface area contributed by atoms with Crippen LogP contribution in [-0.4, -0.2) is 55.7 Å². The fraction of sp³-hybridized carbons (Fsp3) is 0.364. The highest BCUT2D eigenvalue weighted by molar-refractivity contribution is 6.15. The van der Waals surface area contributed by atoms with E-state index in [1.165, 1.54) is 25.2 Å². The van der Waals surface area contributed by atoms with Crippen molar-refractivity contribution in [3.63, 3.8) is 0 Å². The summed E-state index contributed by atoms with van der Waals surface area (Å²) in [6, 6.07) is 7.50. The molecule has 1 amide bonds. The lowest BCUT2D eigenvalue weighted by Gasteiger charge is -2.27. The number of nitrogens with zero attached hydrogens (tertiary/aromatic N) is 1. The number of aliphatic hydroxyl groups excluding tert-OH is 1. The van der Waals surface area contributed by atoms with Crippen LogP contribution in [0.4, 0.5) is 0 Å². The summed E-state index contributed by atoms with van der Waals surface area (Å²) >= 11 is 0. The average molecular weight is 415 g/mol. The second-order valence-corrected chi connectivity index (χ2v) is 6.74. The minimum Gasteiger partial charge on any atom is -0.503 e. The second-order valence-electron chi connectivity index (χ2n) is 6.74. The number of Topliss-reactive ketones (excluding diaryl/α,β-unsaturated/α-hetero) is 1. The molecule has 8 heteroatoms. The molecule has 0 radical (unpaired) electrons. The number of ether oxygens (including phenoxy) is 3. The molecule has 0 aliphatic carbocycles. The number of aryl methyl sites for hydroxylation is 1.